The van der Waals surface area contributed by atoms with E-state index < -0.39 is 20.9 Å². The molecule has 0 heterocycles. The van der Waals surface area contributed by atoms with E-state index in [1.807, 2.05) is 0 Å². The summed E-state index contributed by atoms with van der Waals surface area (Å²) in [5, 5.41) is 13.5. The van der Waals surface area contributed by atoms with Gasteiger partial charge in [0.25, 0.3) is 5.69 Å². The van der Waals surface area contributed by atoms with Crippen molar-refractivity contribution in [2.24, 2.45) is 0 Å². The van der Waals surface area contributed by atoms with Crippen LogP contribution in [-0.4, -0.2) is 37.6 Å². The van der Waals surface area contributed by atoms with Crippen LogP contribution < -0.4 is 5.32 Å². The predicted molar refractivity (Wildman–Crippen MR) is 108 cm³/mol. The van der Waals surface area contributed by atoms with Crippen LogP contribution in [0.1, 0.15) is 16.7 Å². The van der Waals surface area contributed by atoms with Gasteiger partial charge < -0.3 is 5.32 Å². The van der Waals surface area contributed by atoms with Gasteiger partial charge in [0, 0.05) is 38.0 Å². The Morgan fingerprint density at radius 3 is 2.46 bits per heavy atom. The van der Waals surface area contributed by atoms with Crippen LogP contribution in [0.2, 0.25) is 0 Å². The molecule has 0 radical (unpaired) electrons. The third-order valence-electron chi connectivity index (χ3n) is 4.19. The van der Waals surface area contributed by atoms with Crippen molar-refractivity contribution in [1.29, 1.82) is 0 Å². The molecule has 1 N–H and O–H groups in total. The maximum Gasteiger partial charge on any atom is 0.270 e. The number of rotatable bonds is 6. The van der Waals surface area contributed by atoms with E-state index in [2.05, 4.69) is 5.32 Å². The maximum atomic E-state index is 12.4. The zero-order valence-electron chi connectivity index (χ0n) is 16.0. The van der Waals surface area contributed by atoms with Crippen LogP contribution >= 0.6 is 0 Å². The zero-order valence-corrected chi connectivity index (χ0v) is 16.8. The second kappa shape index (κ2) is 8.32. The van der Waals surface area contributed by atoms with Gasteiger partial charge in [0.15, 0.2) is 0 Å². The van der Waals surface area contributed by atoms with Gasteiger partial charge in [0.2, 0.25) is 15.9 Å². The summed E-state index contributed by atoms with van der Waals surface area (Å²) >= 11 is 0. The van der Waals surface area contributed by atoms with E-state index >= 15 is 0 Å². The molecule has 0 atom stereocenters. The molecular formula is C19H21N3O5S. The van der Waals surface area contributed by atoms with Crippen molar-refractivity contribution >= 4 is 33.4 Å². The standard InChI is InChI=1S/C19H21N3O5S/c1-13-10-17(28(26,27)21(3)4)12-18(14(13)2)20-19(23)9-8-15-6-5-7-16(11-15)22(24)25/h5-12H,1-4H3,(H,20,23)/b9-8+. The highest BCUT2D eigenvalue weighted by Crippen LogP contribution is 2.25. The molecule has 0 spiro atoms. The van der Waals surface area contributed by atoms with E-state index in [0.717, 1.165) is 15.4 Å². The van der Waals surface area contributed by atoms with Gasteiger partial charge >= 0.3 is 0 Å². The lowest BCUT2D eigenvalue weighted by molar-refractivity contribution is -0.384. The molecule has 0 aromatic heterocycles. The van der Waals surface area contributed by atoms with Gasteiger partial charge in [-0.25, -0.2) is 12.7 Å². The highest BCUT2D eigenvalue weighted by molar-refractivity contribution is 7.89. The largest absolute Gasteiger partial charge is 0.322 e. The van der Waals surface area contributed by atoms with Gasteiger partial charge in [0.05, 0.1) is 9.82 Å². The first-order chi connectivity index (χ1) is 13.0. The van der Waals surface area contributed by atoms with Gasteiger partial charge in [-0.2, -0.15) is 0 Å². The molecule has 2 aromatic rings. The minimum absolute atomic E-state index is 0.0735. The van der Waals surface area contributed by atoms with Crippen LogP contribution in [0.4, 0.5) is 11.4 Å². The lowest BCUT2D eigenvalue weighted by atomic mass is 10.1. The SMILES string of the molecule is Cc1cc(S(=O)(=O)N(C)C)cc(NC(=O)/C=C/c2cccc([N+](=O)[O-])c2)c1C. The van der Waals surface area contributed by atoms with Crippen molar-refractivity contribution in [1.82, 2.24) is 4.31 Å². The number of amides is 1. The van der Waals surface area contributed by atoms with Crippen LogP contribution in [0.3, 0.4) is 0 Å². The Kier molecular flexibility index (Phi) is 6.32. The Morgan fingerprint density at radius 1 is 1.18 bits per heavy atom. The second-order valence-electron chi connectivity index (χ2n) is 6.37. The minimum atomic E-state index is -3.64. The Morgan fingerprint density at radius 2 is 1.86 bits per heavy atom. The third kappa shape index (κ3) is 4.81. The fourth-order valence-electron chi connectivity index (χ4n) is 2.40. The number of hydrogen-bond donors (Lipinski definition) is 1. The summed E-state index contributed by atoms with van der Waals surface area (Å²) in [6.45, 7) is 3.54. The fourth-order valence-corrected chi connectivity index (χ4v) is 3.42. The molecule has 0 aliphatic carbocycles. The number of anilines is 1. The number of sulfonamides is 1. The zero-order chi connectivity index (χ0) is 21.1. The predicted octanol–water partition coefficient (Wildman–Crippen LogP) is 3.11. The average molecular weight is 403 g/mol. The first-order valence-corrected chi connectivity index (χ1v) is 9.73. The fraction of sp³-hybridized carbons (Fsp3) is 0.211. The topological polar surface area (TPSA) is 110 Å². The van der Waals surface area contributed by atoms with Crippen molar-refractivity contribution in [3.05, 3.63) is 69.3 Å². The number of aryl methyl sites for hydroxylation is 1. The summed E-state index contributed by atoms with van der Waals surface area (Å²) < 4.78 is 25.9. The van der Waals surface area contributed by atoms with Crippen LogP contribution in [-0.2, 0) is 14.8 Å². The van der Waals surface area contributed by atoms with E-state index in [1.165, 1.54) is 50.5 Å². The number of benzene rings is 2. The Bertz CT molecular complexity index is 1060. The highest BCUT2D eigenvalue weighted by atomic mass is 32.2. The highest BCUT2D eigenvalue weighted by Gasteiger charge is 2.20. The summed E-state index contributed by atoms with van der Waals surface area (Å²) in [5.74, 6) is -0.478. The van der Waals surface area contributed by atoms with Crippen LogP contribution in [0.15, 0.2) is 47.4 Å². The van der Waals surface area contributed by atoms with Gasteiger partial charge in [-0.15, -0.1) is 0 Å². The summed E-state index contributed by atoms with van der Waals surface area (Å²) in [6.07, 6.45) is 2.69. The monoisotopic (exact) mass is 403 g/mol. The Labute approximate surface area is 163 Å². The summed E-state index contributed by atoms with van der Waals surface area (Å²) in [7, 11) is -0.772. The number of nitrogens with one attached hydrogen (secondary N) is 1. The third-order valence-corrected chi connectivity index (χ3v) is 5.98. The molecule has 28 heavy (non-hydrogen) atoms. The molecule has 2 aromatic carbocycles. The molecular weight excluding hydrogens is 382 g/mol. The average Bonchev–Trinajstić information content (AvgIpc) is 2.63. The lowest BCUT2D eigenvalue weighted by Crippen LogP contribution is -2.22. The molecule has 2 rings (SSSR count). The quantitative estimate of drug-likeness (QED) is 0.453. The minimum Gasteiger partial charge on any atom is -0.322 e. The van der Waals surface area contributed by atoms with E-state index in [-0.39, 0.29) is 10.6 Å². The molecule has 8 nitrogen and oxygen atoms in total. The van der Waals surface area contributed by atoms with E-state index in [1.54, 1.807) is 26.0 Å². The molecule has 0 aliphatic heterocycles. The van der Waals surface area contributed by atoms with Crippen molar-refractivity contribution < 1.29 is 18.1 Å². The number of nitro benzene ring substituents is 1. The first-order valence-electron chi connectivity index (χ1n) is 8.29. The van der Waals surface area contributed by atoms with Crippen LogP contribution in [0.5, 0.6) is 0 Å². The molecule has 9 heteroatoms. The lowest BCUT2D eigenvalue weighted by Gasteiger charge is -2.16. The van der Waals surface area contributed by atoms with Crippen molar-refractivity contribution in [2.75, 3.05) is 19.4 Å². The molecule has 0 fully saturated rings. The number of carbonyl (C=O) groups is 1. The normalized spacial score (nSPS) is 11.8. The summed E-state index contributed by atoms with van der Waals surface area (Å²) in [6, 6.07) is 8.84. The van der Waals surface area contributed by atoms with Gasteiger partial charge in [-0.1, -0.05) is 12.1 Å². The van der Waals surface area contributed by atoms with E-state index in [0.29, 0.717) is 11.3 Å². The molecule has 0 aliphatic rings. The van der Waals surface area contributed by atoms with Crippen molar-refractivity contribution in [3.63, 3.8) is 0 Å². The first kappa shape index (κ1) is 21.3. The Hall–Kier alpha value is -3.04. The van der Waals surface area contributed by atoms with Crippen LogP contribution in [0, 0.1) is 24.0 Å². The van der Waals surface area contributed by atoms with Gasteiger partial charge in [0.1, 0.15) is 0 Å². The number of carbonyl (C=O) groups excluding carboxylic acids is 1. The molecule has 0 saturated heterocycles. The summed E-state index contributed by atoms with van der Waals surface area (Å²) in [5.41, 5.74) is 2.28. The van der Waals surface area contributed by atoms with Crippen molar-refractivity contribution in [2.45, 2.75) is 18.7 Å². The van der Waals surface area contributed by atoms with Crippen LogP contribution in [0.25, 0.3) is 6.08 Å². The number of non-ortho nitro benzene ring substituents is 1. The maximum absolute atomic E-state index is 12.4. The van der Waals surface area contributed by atoms with Gasteiger partial charge in [-0.3, -0.25) is 14.9 Å². The van der Waals surface area contributed by atoms with E-state index in [9.17, 15) is 23.3 Å². The number of nitro groups is 1. The second-order valence-corrected chi connectivity index (χ2v) is 8.53. The van der Waals surface area contributed by atoms with Crippen molar-refractivity contribution in [3.8, 4) is 0 Å². The number of hydrogen-bond acceptors (Lipinski definition) is 5. The molecule has 1 amide bonds. The molecule has 0 bridgehead atoms. The van der Waals surface area contributed by atoms with E-state index in [4.69, 9.17) is 0 Å². The van der Waals surface area contributed by atoms with Gasteiger partial charge in [-0.05, 0) is 48.7 Å². The smallest absolute Gasteiger partial charge is 0.270 e. The molecule has 0 saturated carbocycles. The molecule has 148 valence electrons. The molecule has 0 unspecified atom stereocenters. The summed E-state index contributed by atoms with van der Waals surface area (Å²) in [4.78, 5) is 22.7. The number of nitrogens with zero attached hydrogens (tertiary/aromatic N) is 2. The Balaban J connectivity index is 2.28.